The second-order valence-electron chi connectivity index (χ2n) is 3.70. The lowest BCUT2D eigenvalue weighted by atomic mass is 10.1. The van der Waals surface area contributed by atoms with E-state index in [9.17, 15) is 0 Å². The van der Waals surface area contributed by atoms with E-state index in [1.165, 1.54) is 0 Å². The molecular formula is C9H15N5. The van der Waals surface area contributed by atoms with Crippen LogP contribution in [0.2, 0.25) is 0 Å². The van der Waals surface area contributed by atoms with E-state index in [0.29, 0.717) is 5.92 Å². The molecule has 5 heteroatoms. The van der Waals surface area contributed by atoms with Crippen molar-refractivity contribution in [2.75, 3.05) is 32.5 Å². The number of likely N-dealkylation sites (tertiary alicyclic amines) is 1. The fourth-order valence-corrected chi connectivity index (χ4v) is 1.76. The Bertz CT molecular complexity index is 314. The Labute approximate surface area is 83.6 Å². The Hall–Kier alpha value is -1.23. The van der Waals surface area contributed by atoms with E-state index in [-0.39, 0.29) is 0 Å². The highest BCUT2D eigenvalue weighted by Gasteiger charge is 2.23. The van der Waals surface area contributed by atoms with E-state index in [0.717, 1.165) is 31.2 Å². The number of hydrogen-bond donors (Lipinski definition) is 1. The molecule has 76 valence electrons. The molecule has 0 radical (unpaired) electrons. The van der Waals surface area contributed by atoms with Crippen molar-refractivity contribution in [3.63, 3.8) is 0 Å². The van der Waals surface area contributed by atoms with E-state index in [1.54, 1.807) is 6.20 Å². The van der Waals surface area contributed by atoms with Crippen LogP contribution >= 0.6 is 0 Å². The molecule has 1 aliphatic rings. The van der Waals surface area contributed by atoms with E-state index in [2.05, 4.69) is 32.4 Å². The van der Waals surface area contributed by atoms with Gasteiger partial charge in [-0.2, -0.15) is 5.10 Å². The zero-order valence-corrected chi connectivity index (χ0v) is 8.56. The summed E-state index contributed by atoms with van der Waals surface area (Å²) in [5.41, 5.74) is 0. The lowest BCUT2D eigenvalue weighted by Crippen LogP contribution is -2.15. The van der Waals surface area contributed by atoms with Gasteiger partial charge in [-0.05, 0) is 20.0 Å². The van der Waals surface area contributed by atoms with E-state index in [1.807, 2.05) is 7.05 Å². The summed E-state index contributed by atoms with van der Waals surface area (Å²) in [4.78, 5) is 6.69. The van der Waals surface area contributed by atoms with Crippen LogP contribution in [0.4, 0.5) is 5.82 Å². The summed E-state index contributed by atoms with van der Waals surface area (Å²) in [6, 6.07) is 0. The van der Waals surface area contributed by atoms with Crippen molar-refractivity contribution in [2.24, 2.45) is 0 Å². The van der Waals surface area contributed by atoms with E-state index < -0.39 is 0 Å². The smallest absolute Gasteiger partial charge is 0.157 e. The first kappa shape index (κ1) is 9.33. The van der Waals surface area contributed by atoms with Crippen molar-refractivity contribution >= 4 is 5.82 Å². The van der Waals surface area contributed by atoms with E-state index in [4.69, 9.17) is 0 Å². The maximum atomic E-state index is 4.40. The molecule has 1 aliphatic heterocycles. The van der Waals surface area contributed by atoms with Crippen LogP contribution < -0.4 is 5.32 Å². The molecule has 0 bridgehead atoms. The molecule has 0 spiro atoms. The first-order chi connectivity index (χ1) is 6.79. The topological polar surface area (TPSA) is 53.9 Å². The molecule has 1 aromatic rings. The predicted octanol–water partition coefficient (Wildman–Crippen LogP) is 0.332. The molecule has 0 aliphatic carbocycles. The molecule has 0 amide bonds. The Morgan fingerprint density at radius 1 is 1.57 bits per heavy atom. The minimum absolute atomic E-state index is 0.445. The van der Waals surface area contributed by atoms with E-state index >= 15 is 0 Å². The van der Waals surface area contributed by atoms with Gasteiger partial charge in [0.15, 0.2) is 5.82 Å². The summed E-state index contributed by atoms with van der Waals surface area (Å²) in [6.07, 6.45) is 2.77. The molecular weight excluding hydrogens is 178 g/mol. The average molecular weight is 193 g/mol. The normalized spacial score (nSPS) is 22.6. The first-order valence-corrected chi connectivity index (χ1v) is 4.85. The molecule has 1 fully saturated rings. The molecule has 0 saturated carbocycles. The van der Waals surface area contributed by atoms with Crippen LogP contribution in [-0.4, -0.2) is 47.3 Å². The van der Waals surface area contributed by atoms with Crippen LogP contribution in [0.3, 0.4) is 0 Å². The molecule has 1 saturated heterocycles. The van der Waals surface area contributed by atoms with Crippen molar-refractivity contribution in [1.82, 2.24) is 20.1 Å². The number of nitrogens with zero attached hydrogens (tertiary/aromatic N) is 4. The molecule has 0 aromatic carbocycles. The van der Waals surface area contributed by atoms with Gasteiger partial charge in [0, 0.05) is 19.5 Å². The third-order valence-corrected chi connectivity index (χ3v) is 2.59. The predicted molar refractivity (Wildman–Crippen MR) is 54.2 cm³/mol. The van der Waals surface area contributed by atoms with Crippen LogP contribution in [0.25, 0.3) is 0 Å². The minimum atomic E-state index is 0.445. The Balaban J connectivity index is 2.15. The monoisotopic (exact) mass is 193 g/mol. The van der Waals surface area contributed by atoms with Gasteiger partial charge < -0.3 is 10.2 Å². The number of anilines is 1. The molecule has 14 heavy (non-hydrogen) atoms. The number of nitrogens with one attached hydrogen (secondary N) is 1. The fraction of sp³-hybridized carbons (Fsp3) is 0.667. The van der Waals surface area contributed by atoms with Gasteiger partial charge in [-0.3, -0.25) is 0 Å². The maximum Gasteiger partial charge on any atom is 0.157 e. The van der Waals surface area contributed by atoms with Crippen LogP contribution in [0.1, 0.15) is 18.2 Å². The summed E-state index contributed by atoms with van der Waals surface area (Å²) in [5, 5.41) is 11.0. The number of likely N-dealkylation sites (N-methyl/N-ethyl adjacent to an activating group) is 1. The quantitative estimate of drug-likeness (QED) is 0.733. The van der Waals surface area contributed by atoms with Crippen LogP contribution in [0, 0.1) is 0 Å². The first-order valence-electron chi connectivity index (χ1n) is 4.85. The van der Waals surface area contributed by atoms with Crippen molar-refractivity contribution in [3.05, 3.63) is 12.0 Å². The number of rotatable bonds is 2. The van der Waals surface area contributed by atoms with Crippen LogP contribution in [0.5, 0.6) is 0 Å². The van der Waals surface area contributed by atoms with Gasteiger partial charge >= 0.3 is 0 Å². The molecule has 1 atom stereocenters. The summed E-state index contributed by atoms with van der Waals surface area (Å²) in [5.74, 6) is 2.10. The molecule has 1 N–H and O–H groups in total. The SMILES string of the molecule is CNc1cnnc(C2CCN(C)C2)n1. The van der Waals surface area contributed by atoms with Crippen molar-refractivity contribution in [3.8, 4) is 0 Å². The molecule has 1 unspecified atom stereocenters. The molecule has 5 nitrogen and oxygen atoms in total. The average Bonchev–Trinajstić information content (AvgIpc) is 2.65. The van der Waals surface area contributed by atoms with Gasteiger partial charge in [0.1, 0.15) is 5.82 Å². The third-order valence-electron chi connectivity index (χ3n) is 2.59. The lowest BCUT2D eigenvalue weighted by molar-refractivity contribution is 0.409. The molecule has 2 heterocycles. The van der Waals surface area contributed by atoms with Gasteiger partial charge in [-0.25, -0.2) is 4.98 Å². The Morgan fingerprint density at radius 2 is 2.43 bits per heavy atom. The molecule has 1 aromatic heterocycles. The number of aromatic nitrogens is 3. The van der Waals surface area contributed by atoms with Crippen LogP contribution in [0.15, 0.2) is 6.20 Å². The third kappa shape index (κ3) is 1.82. The summed E-state index contributed by atoms with van der Waals surface area (Å²) < 4.78 is 0. The van der Waals surface area contributed by atoms with Crippen molar-refractivity contribution in [2.45, 2.75) is 12.3 Å². The highest BCUT2D eigenvalue weighted by Crippen LogP contribution is 2.23. The standard InChI is InChI=1S/C9H15N5/c1-10-8-5-11-13-9(12-8)7-3-4-14(2)6-7/h5,7H,3-4,6H2,1-2H3,(H,10,12,13). The van der Waals surface area contributed by atoms with Gasteiger partial charge in [0.2, 0.25) is 0 Å². The summed E-state index contributed by atoms with van der Waals surface area (Å²) >= 11 is 0. The zero-order chi connectivity index (χ0) is 9.97. The second-order valence-corrected chi connectivity index (χ2v) is 3.70. The van der Waals surface area contributed by atoms with Crippen molar-refractivity contribution < 1.29 is 0 Å². The van der Waals surface area contributed by atoms with Crippen LogP contribution in [-0.2, 0) is 0 Å². The Morgan fingerprint density at radius 3 is 3.07 bits per heavy atom. The summed E-state index contributed by atoms with van der Waals surface area (Å²) in [7, 11) is 3.96. The Kier molecular flexibility index (Phi) is 2.58. The minimum Gasteiger partial charge on any atom is -0.372 e. The zero-order valence-electron chi connectivity index (χ0n) is 8.56. The van der Waals surface area contributed by atoms with Crippen molar-refractivity contribution in [1.29, 1.82) is 0 Å². The van der Waals surface area contributed by atoms with Gasteiger partial charge in [-0.15, -0.1) is 5.10 Å². The lowest BCUT2D eigenvalue weighted by Gasteiger charge is -2.08. The largest absolute Gasteiger partial charge is 0.372 e. The number of hydrogen-bond acceptors (Lipinski definition) is 5. The van der Waals surface area contributed by atoms with Gasteiger partial charge in [0.05, 0.1) is 6.20 Å². The second kappa shape index (κ2) is 3.88. The van der Waals surface area contributed by atoms with Gasteiger partial charge in [0.25, 0.3) is 0 Å². The highest BCUT2D eigenvalue weighted by molar-refractivity contribution is 5.29. The maximum absolute atomic E-state index is 4.40. The summed E-state index contributed by atoms with van der Waals surface area (Å²) in [6.45, 7) is 2.16. The highest BCUT2D eigenvalue weighted by atomic mass is 15.2. The van der Waals surface area contributed by atoms with Gasteiger partial charge in [-0.1, -0.05) is 0 Å². The molecule has 2 rings (SSSR count). The fourth-order valence-electron chi connectivity index (χ4n) is 1.76.